The topological polar surface area (TPSA) is 36.4 Å². The van der Waals surface area contributed by atoms with Gasteiger partial charge in [-0.25, -0.2) is 8.78 Å². The number of hydrogen-bond donors (Lipinski definition) is 1. The van der Waals surface area contributed by atoms with Gasteiger partial charge in [-0.15, -0.1) is 0 Å². The fourth-order valence-corrected chi connectivity index (χ4v) is 0.982. The molecule has 1 aromatic heterocycles. The van der Waals surface area contributed by atoms with Gasteiger partial charge in [0.1, 0.15) is 0 Å². The monoisotopic (exact) mass is 206 g/mol. The standard InChI is InChI=1S/C8H9F3N2O/c1-13(2)8-6(10)4(3-14)5(9)7(11)12-8/h14H,3H2,1-2H3. The summed E-state index contributed by atoms with van der Waals surface area (Å²) < 4.78 is 38.9. The number of aliphatic hydroxyl groups excluding tert-OH is 1. The lowest BCUT2D eigenvalue weighted by Crippen LogP contribution is -2.16. The number of nitrogens with zero attached hydrogens (tertiary/aromatic N) is 2. The van der Waals surface area contributed by atoms with E-state index >= 15 is 0 Å². The van der Waals surface area contributed by atoms with Gasteiger partial charge in [0, 0.05) is 14.1 Å². The number of aromatic nitrogens is 1. The Hall–Kier alpha value is -1.30. The molecule has 1 aromatic rings. The molecule has 0 aliphatic heterocycles. The Morgan fingerprint density at radius 2 is 1.79 bits per heavy atom. The third-order valence-corrected chi connectivity index (χ3v) is 1.69. The van der Waals surface area contributed by atoms with Crippen LogP contribution in [0.4, 0.5) is 19.0 Å². The van der Waals surface area contributed by atoms with Crippen LogP contribution in [0, 0.1) is 17.6 Å². The second-order valence-electron chi connectivity index (χ2n) is 2.89. The first-order chi connectivity index (χ1) is 6.49. The molecule has 0 aliphatic carbocycles. The first-order valence-electron chi connectivity index (χ1n) is 3.80. The largest absolute Gasteiger partial charge is 0.391 e. The smallest absolute Gasteiger partial charge is 0.251 e. The van der Waals surface area contributed by atoms with E-state index in [1.807, 2.05) is 0 Å². The van der Waals surface area contributed by atoms with Crippen LogP contribution in [0.15, 0.2) is 0 Å². The molecule has 14 heavy (non-hydrogen) atoms. The third-order valence-electron chi connectivity index (χ3n) is 1.69. The van der Waals surface area contributed by atoms with Crippen molar-refractivity contribution >= 4 is 5.82 Å². The number of anilines is 1. The third kappa shape index (κ3) is 1.65. The van der Waals surface area contributed by atoms with E-state index in [9.17, 15) is 13.2 Å². The normalized spacial score (nSPS) is 10.4. The molecule has 0 unspecified atom stereocenters. The van der Waals surface area contributed by atoms with E-state index in [0.717, 1.165) is 0 Å². The number of aliphatic hydroxyl groups is 1. The van der Waals surface area contributed by atoms with Crippen LogP contribution in [0.2, 0.25) is 0 Å². The summed E-state index contributed by atoms with van der Waals surface area (Å²) in [4.78, 5) is 4.27. The zero-order valence-electron chi connectivity index (χ0n) is 7.68. The van der Waals surface area contributed by atoms with Gasteiger partial charge in [0.2, 0.25) is 0 Å². The van der Waals surface area contributed by atoms with E-state index in [1.54, 1.807) is 0 Å². The molecule has 0 radical (unpaired) electrons. The Morgan fingerprint density at radius 1 is 1.21 bits per heavy atom. The molecule has 0 atom stereocenters. The molecule has 6 heteroatoms. The van der Waals surface area contributed by atoms with Crippen LogP contribution >= 0.6 is 0 Å². The Labute approximate surface area is 78.8 Å². The predicted molar refractivity (Wildman–Crippen MR) is 44.4 cm³/mol. The SMILES string of the molecule is CN(C)c1nc(F)c(F)c(CO)c1F. The van der Waals surface area contributed by atoms with Gasteiger partial charge in [0.15, 0.2) is 17.5 Å². The molecule has 0 saturated heterocycles. The summed E-state index contributed by atoms with van der Waals surface area (Å²) in [6.07, 6.45) is 0. The molecule has 0 aliphatic rings. The highest BCUT2D eigenvalue weighted by Gasteiger charge is 2.20. The zero-order chi connectivity index (χ0) is 10.9. The lowest BCUT2D eigenvalue weighted by atomic mass is 10.2. The Kier molecular flexibility index (Phi) is 2.95. The highest BCUT2D eigenvalue weighted by Crippen LogP contribution is 2.22. The van der Waals surface area contributed by atoms with Gasteiger partial charge in [-0.1, -0.05) is 0 Å². The molecular weight excluding hydrogens is 197 g/mol. The summed E-state index contributed by atoms with van der Waals surface area (Å²) in [6, 6.07) is 0. The second kappa shape index (κ2) is 3.83. The minimum atomic E-state index is -1.45. The number of hydrogen-bond acceptors (Lipinski definition) is 3. The second-order valence-corrected chi connectivity index (χ2v) is 2.89. The van der Waals surface area contributed by atoms with Gasteiger partial charge in [0.25, 0.3) is 5.95 Å². The van der Waals surface area contributed by atoms with Gasteiger partial charge in [-0.05, 0) is 0 Å². The van der Waals surface area contributed by atoms with Crippen molar-refractivity contribution in [2.24, 2.45) is 0 Å². The Balaban J connectivity index is 3.42. The average molecular weight is 206 g/mol. The summed E-state index contributed by atoms with van der Waals surface area (Å²) in [5.41, 5.74) is -0.707. The molecule has 0 aromatic carbocycles. The van der Waals surface area contributed by atoms with Gasteiger partial charge in [0.05, 0.1) is 12.2 Å². The zero-order valence-corrected chi connectivity index (χ0v) is 7.68. The number of rotatable bonds is 2. The number of pyridine rings is 1. The molecule has 3 nitrogen and oxygen atoms in total. The van der Waals surface area contributed by atoms with Crippen molar-refractivity contribution in [3.63, 3.8) is 0 Å². The summed E-state index contributed by atoms with van der Waals surface area (Å²) in [5.74, 6) is -4.25. The highest BCUT2D eigenvalue weighted by molar-refractivity contribution is 5.42. The van der Waals surface area contributed by atoms with Crippen molar-refractivity contribution in [1.29, 1.82) is 0 Å². The van der Waals surface area contributed by atoms with E-state index in [1.165, 1.54) is 19.0 Å². The maximum absolute atomic E-state index is 13.3. The van der Waals surface area contributed by atoms with Crippen LogP contribution in [0.25, 0.3) is 0 Å². The van der Waals surface area contributed by atoms with E-state index in [4.69, 9.17) is 5.11 Å². The van der Waals surface area contributed by atoms with Crippen LogP contribution in [-0.2, 0) is 6.61 Å². The van der Waals surface area contributed by atoms with Gasteiger partial charge in [-0.3, -0.25) is 0 Å². The quantitative estimate of drug-likeness (QED) is 0.735. The number of halogens is 3. The molecule has 1 N–H and O–H groups in total. The first-order valence-corrected chi connectivity index (χ1v) is 3.80. The maximum atomic E-state index is 13.3. The molecule has 1 heterocycles. The fourth-order valence-electron chi connectivity index (χ4n) is 0.982. The van der Waals surface area contributed by atoms with E-state index in [0.29, 0.717) is 0 Å². The van der Waals surface area contributed by atoms with Crippen LogP contribution < -0.4 is 4.90 Å². The minimum absolute atomic E-state index is 0.340. The molecule has 1 rings (SSSR count). The van der Waals surface area contributed by atoms with E-state index in [-0.39, 0.29) is 5.82 Å². The lowest BCUT2D eigenvalue weighted by Gasteiger charge is -2.14. The van der Waals surface area contributed by atoms with E-state index in [2.05, 4.69) is 4.98 Å². The van der Waals surface area contributed by atoms with Crippen LogP contribution in [0.1, 0.15) is 5.56 Å². The summed E-state index contributed by atoms with van der Waals surface area (Å²) in [5, 5.41) is 8.64. The fraction of sp³-hybridized carbons (Fsp3) is 0.375. The molecule has 0 spiro atoms. The Bertz CT molecular complexity index is 355. The Morgan fingerprint density at radius 3 is 2.21 bits per heavy atom. The van der Waals surface area contributed by atoms with Crippen molar-refractivity contribution in [3.05, 3.63) is 23.1 Å². The predicted octanol–water partition coefficient (Wildman–Crippen LogP) is 1.06. The molecular formula is C8H9F3N2O. The van der Waals surface area contributed by atoms with Crippen molar-refractivity contribution in [2.45, 2.75) is 6.61 Å². The van der Waals surface area contributed by atoms with Crippen LogP contribution in [0.3, 0.4) is 0 Å². The molecule has 78 valence electrons. The summed E-state index contributed by atoms with van der Waals surface area (Å²) in [6.45, 7) is -0.905. The van der Waals surface area contributed by atoms with Crippen molar-refractivity contribution in [3.8, 4) is 0 Å². The molecule has 0 amide bonds. The summed E-state index contributed by atoms with van der Waals surface area (Å²) in [7, 11) is 2.87. The minimum Gasteiger partial charge on any atom is -0.391 e. The summed E-state index contributed by atoms with van der Waals surface area (Å²) >= 11 is 0. The molecule has 0 saturated carbocycles. The maximum Gasteiger partial charge on any atom is 0.251 e. The van der Waals surface area contributed by atoms with Crippen molar-refractivity contribution in [2.75, 3.05) is 19.0 Å². The van der Waals surface area contributed by atoms with Crippen molar-refractivity contribution in [1.82, 2.24) is 4.98 Å². The highest BCUT2D eigenvalue weighted by atomic mass is 19.2. The first kappa shape index (κ1) is 10.8. The van der Waals surface area contributed by atoms with Gasteiger partial charge >= 0.3 is 0 Å². The molecule has 0 fully saturated rings. The van der Waals surface area contributed by atoms with Gasteiger partial charge < -0.3 is 10.0 Å². The van der Waals surface area contributed by atoms with Gasteiger partial charge in [-0.2, -0.15) is 9.37 Å². The van der Waals surface area contributed by atoms with Crippen molar-refractivity contribution < 1.29 is 18.3 Å². The van der Waals surface area contributed by atoms with Crippen LogP contribution in [-0.4, -0.2) is 24.2 Å². The molecule has 0 bridgehead atoms. The van der Waals surface area contributed by atoms with Crippen LogP contribution in [0.5, 0.6) is 0 Å². The lowest BCUT2D eigenvalue weighted by molar-refractivity contribution is 0.265. The average Bonchev–Trinajstić information content (AvgIpc) is 2.12. The van der Waals surface area contributed by atoms with E-state index < -0.39 is 29.8 Å².